The third-order valence-electron chi connectivity index (χ3n) is 4.72. The molecule has 1 aliphatic heterocycles. The summed E-state index contributed by atoms with van der Waals surface area (Å²) in [6.45, 7) is 9.00. The molecule has 1 saturated heterocycles. The van der Waals surface area contributed by atoms with E-state index in [1.807, 2.05) is 0 Å². The van der Waals surface area contributed by atoms with E-state index < -0.39 is 11.4 Å². The highest BCUT2D eigenvalue weighted by atomic mass is 16.6. The van der Waals surface area contributed by atoms with Crippen molar-refractivity contribution in [3.8, 4) is 0 Å². The van der Waals surface area contributed by atoms with Crippen molar-refractivity contribution in [1.82, 2.24) is 0 Å². The Bertz CT molecular complexity index is 344. The van der Waals surface area contributed by atoms with Crippen molar-refractivity contribution in [3.63, 3.8) is 0 Å². The molecule has 0 aromatic carbocycles. The molecule has 3 nitrogen and oxygen atoms in total. The maximum Gasteiger partial charge on any atom is 0.309 e. The van der Waals surface area contributed by atoms with Crippen LogP contribution in [0, 0.1) is 16.7 Å². The Kier molecular flexibility index (Phi) is 3.97. The van der Waals surface area contributed by atoms with Crippen molar-refractivity contribution in [2.75, 3.05) is 0 Å². The van der Waals surface area contributed by atoms with Gasteiger partial charge in [0.1, 0.15) is 0 Å². The van der Waals surface area contributed by atoms with Gasteiger partial charge in [0.2, 0.25) is 0 Å². The fourth-order valence-corrected chi connectivity index (χ4v) is 3.72. The zero-order valence-electron chi connectivity index (χ0n) is 12.7. The monoisotopic (exact) mass is 268 g/mol. The molecule has 3 heteroatoms. The lowest BCUT2D eigenvalue weighted by Gasteiger charge is -2.33. The molecule has 0 amide bonds. The number of carboxylic acids is 1. The summed E-state index contributed by atoms with van der Waals surface area (Å²) in [6, 6.07) is 0. The Morgan fingerprint density at radius 3 is 2.63 bits per heavy atom. The quantitative estimate of drug-likeness (QED) is 0.770. The Morgan fingerprint density at radius 1 is 1.42 bits per heavy atom. The van der Waals surface area contributed by atoms with Gasteiger partial charge < -0.3 is 9.84 Å². The number of rotatable bonds is 5. The Hall–Kier alpha value is -0.570. The normalized spacial score (nSPS) is 35.6. The van der Waals surface area contributed by atoms with E-state index in [1.165, 1.54) is 0 Å². The van der Waals surface area contributed by atoms with Gasteiger partial charge in [-0.3, -0.25) is 4.79 Å². The minimum atomic E-state index is -0.607. The highest BCUT2D eigenvalue weighted by molar-refractivity contribution is 5.75. The second kappa shape index (κ2) is 5.08. The molecule has 4 unspecified atom stereocenters. The number of hydrogen-bond acceptors (Lipinski definition) is 2. The first-order valence-corrected chi connectivity index (χ1v) is 7.61. The molecule has 110 valence electrons. The summed E-state index contributed by atoms with van der Waals surface area (Å²) in [4.78, 5) is 11.7. The summed E-state index contributed by atoms with van der Waals surface area (Å²) >= 11 is 0. The molecule has 0 aromatic heterocycles. The molecule has 4 atom stereocenters. The largest absolute Gasteiger partial charge is 0.481 e. The van der Waals surface area contributed by atoms with E-state index in [9.17, 15) is 9.90 Å². The molecule has 0 spiro atoms. The molecule has 1 N–H and O–H groups in total. The van der Waals surface area contributed by atoms with Crippen molar-refractivity contribution in [2.24, 2.45) is 16.7 Å². The first-order valence-electron chi connectivity index (χ1n) is 7.61. The Labute approximate surface area is 116 Å². The average molecular weight is 268 g/mol. The molecular formula is C16H28O3. The second-order valence-corrected chi connectivity index (χ2v) is 7.95. The molecule has 2 fully saturated rings. The topological polar surface area (TPSA) is 49.8 Å². The van der Waals surface area contributed by atoms with E-state index in [4.69, 9.17) is 4.74 Å². The zero-order valence-corrected chi connectivity index (χ0v) is 12.7. The fraction of sp³-hybridized carbons (Fsp3) is 0.938. The molecule has 1 saturated carbocycles. The van der Waals surface area contributed by atoms with Crippen LogP contribution in [0.1, 0.15) is 66.2 Å². The molecule has 0 bridgehead atoms. The lowest BCUT2D eigenvalue weighted by atomic mass is 9.69. The number of ether oxygens (including phenoxy) is 1. The fourth-order valence-electron chi connectivity index (χ4n) is 3.72. The summed E-state index contributed by atoms with van der Waals surface area (Å²) < 4.78 is 5.51. The van der Waals surface area contributed by atoms with Gasteiger partial charge in [-0.1, -0.05) is 27.7 Å². The van der Waals surface area contributed by atoms with Gasteiger partial charge in [0.05, 0.1) is 17.6 Å². The Balaban J connectivity index is 1.89. The predicted octanol–water partition coefficient (Wildman–Crippen LogP) is 3.86. The number of fused-ring (bicyclic) bond motifs is 1. The maximum atomic E-state index is 11.7. The number of hydrogen-bond donors (Lipinski definition) is 1. The van der Waals surface area contributed by atoms with E-state index >= 15 is 0 Å². The Morgan fingerprint density at radius 2 is 2.11 bits per heavy atom. The summed E-state index contributed by atoms with van der Waals surface area (Å²) in [7, 11) is 0. The summed E-state index contributed by atoms with van der Waals surface area (Å²) in [5, 5.41) is 9.61. The number of aliphatic carboxylic acids is 1. The molecule has 19 heavy (non-hydrogen) atoms. The average Bonchev–Trinajstić information content (AvgIpc) is 3.01. The van der Waals surface area contributed by atoms with Gasteiger partial charge in [-0.2, -0.15) is 0 Å². The van der Waals surface area contributed by atoms with Crippen LogP contribution in [0.3, 0.4) is 0 Å². The van der Waals surface area contributed by atoms with Crippen LogP contribution >= 0.6 is 0 Å². The summed E-state index contributed by atoms with van der Waals surface area (Å²) in [5.74, 6) is -0.0153. The minimum Gasteiger partial charge on any atom is -0.481 e. The molecule has 1 aliphatic carbocycles. The maximum absolute atomic E-state index is 11.7. The van der Waals surface area contributed by atoms with Crippen LogP contribution in [-0.2, 0) is 9.53 Å². The second-order valence-electron chi connectivity index (χ2n) is 7.95. The smallest absolute Gasteiger partial charge is 0.309 e. The molecule has 2 aliphatic rings. The van der Waals surface area contributed by atoms with E-state index in [0.29, 0.717) is 17.4 Å². The van der Waals surface area contributed by atoms with Crippen molar-refractivity contribution in [2.45, 2.75) is 78.4 Å². The van der Waals surface area contributed by atoms with Crippen LogP contribution in [0.4, 0.5) is 0 Å². The summed E-state index contributed by atoms with van der Waals surface area (Å²) in [6.07, 6.45) is 6.06. The standard InChI is InChI=1S/C16H28O3/c1-11(9-15(2,3)4)5-7-16(14(17)18)8-6-12-13(10-16)19-12/h11-13H,5-10H2,1-4H3,(H,17,18). The van der Waals surface area contributed by atoms with Crippen LogP contribution < -0.4 is 0 Å². The van der Waals surface area contributed by atoms with Gasteiger partial charge in [-0.25, -0.2) is 0 Å². The lowest BCUT2D eigenvalue weighted by Crippen LogP contribution is -2.36. The first-order chi connectivity index (χ1) is 8.72. The van der Waals surface area contributed by atoms with Crippen LogP contribution in [-0.4, -0.2) is 23.3 Å². The van der Waals surface area contributed by atoms with Crippen molar-refractivity contribution in [3.05, 3.63) is 0 Å². The van der Waals surface area contributed by atoms with E-state index in [0.717, 1.165) is 38.5 Å². The first kappa shape index (κ1) is 14.8. The van der Waals surface area contributed by atoms with Gasteiger partial charge in [-0.05, 0) is 49.9 Å². The van der Waals surface area contributed by atoms with E-state index in [2.05, 4.69) is 27.7 Å². The van der Waals surface area contributed by atoms with Gasteiger partial charge in [0.25, 0.3) is 0 Å². The van der Waals surface area contributed by atoms with Crippen molar-refractivity contribution < 1.29 is 14.6 Å². The van der Waals surface area contributed by atoms with Gasteiger partial charge in [0, 0.05) is 0 Å². The molecular weight excluding hydrogens is 240 g/mol. The number of carboxylic acid groups (broad SMARTS) is 1. The lowest BCUT2D eigenvalue weighted by molar-refractivity contribution is -0.151. The van der Waals surface area contributed by atoms with Gasteiger partial charge in [0.15, 0.2) is 0 Å². The van der Waals surface area contributed by atoms with E-state index in [1.54, 1.807) is 0 Å². The minimum absolute atomic E-state index is 0.239. The molecule has 0 aromatic rings. The van der Waals surface area contributed by atoms with Crippen LogP contribution in [0.5, 0.6) is 0 Å². The van der Waals surface area contributed by atoms with Gasteiger partial charge in [-0.15, -0.1) is 0 Å². The molecule has 1 heterocycles. The van der Waals surface area contributed by atoms with Crippen LogP contribution in [0.25, 0.3) is 0 Å². The molecule has 2 rings (SSSR count). The zero-order chi connectivity index (χ0) is 14.3. The number of epoxide rings is 1. The predicted molar refractivity (Wildman–Crippen MR) is 75.1 cm³/mol. The highest BCUT2D eigenvalue weighted by Gasteiger charge is 2.53. The third kappa shape index (κ3) is 3.71. The SMILES string of the molecule is CC(CCC1(C(=O)O)CCC2OC2C1)CC(C)(C)C. The van der Waals surface area contributed by atoms with Crippen molar-refractivity contribution >= 4 is 5.97 Å². The van der Waals surface area contributed by atoms with Crippen molar-refractivity contribution in [1.29, 1.82) is 0 Å². The summed E-state index contributed by atoms with van der Waals surface area (Å²) in [5.41, 5.74) is -0.184. The van der Waals surface area contributed by atoms with Crippen LogP contribution in [0.15, 0.2) is 0 Å². The van der Waals surface area contributed by atoms with Gasteiger partial charge >= 0.3 is 5.97 Å². The highest BCUT2D eigenvalue weighted by Crippen LogP contribution is 2.49. The van der Waals surface area contributed by atoms with Crippen LogP contribution in [0.2, 0.25) is 0 Å². The molecule has 0 radical (unpaired) electrons. The third-order valence-corrected chi connectivity index (χ3v) is 4.72. The van der Waals surface area contributed by atoms with E-state index in [-0.39, 0.29) is 6.10 Å². The number of carbonyl (C=O) groups is 1.